The summed E-state index contributed by atoms with van der Waals surface area (Å²) in [6.07, 6.45) is 3.31. The van der Waals surface area contributed by atoms with Crippen molar-refractivity contribution < 1.29 is 9.94 Å². The zero-order valence-electron chi connectivity index (χ0n) is 9.54. The molecule has 0 aliphatic rings. The number of nitrogens with zero attached hydrogens (tertiary/aromatic N) is 2. The molecule has 2 aromatic heterocycles. The Morgan fingerprint density at radius 3 is 2.71 bits per heavy atom. The number of pyridine rings is 1. The Labute approximate surface area is 99.1 Å². The Kier molecular flexibility index (Phi) is 2.11. The molecular formula is C14H13N2O+. The minimum atomic E-state index is 0.994. The van der Waals surface area contributed by atoms with E-state index in [4.69, 9.17) is 0 Å². The van der Waals surface area contributed by atoms with Gasteiger partial charge in [0.15, 0.2) is 0 Å². The quantitative estimate of drug-likeness (QED) is 0.500. The molecule has 0 bridgehead atoms. The highest BCUT2D eigenvalue weighted by molar-refractivity contribution is 5.86. The average molecular weight is 225 g/mol. The van der Waals surface area contributed by atoms with Crippen LogP contribution >= 0.6 is 0 Å². The van der Waals surface area contributed by atoms with Crippen LogP contribution < -0.4 is 4.73 Å². The first kappa shape index (κ1) is 9.90. The molecule has 0 unspecified atom stereocenters. The molecule has 1 N–H and O–H groups in total. The molecule has 3 aromatic rings. The smallest absolute Gasteiger partial charge is 0.231 e. The van der Waals surface area contributed by atoms with Gasteiger partial charge in [-0.15, -0.1) is 0 Å². The Morgan fingerprint density at radius 2 is 1.94 bits per heavy atom. The lowest BCUT2D eigenvalue weighted by atomic mass is 10.2. The number of para-hydroxylation sites is 1. The van der Waals surface area contributed by atoms with Crippen molar-refractivity contribution >= 4 is 10.9 Å². The predicted molar refractivity (Wildman–Crippen MR) is 65.7 cm³/mol. The monoisotopic (exact) mass is 225 g/mol. The Balaban J connectivity index is 2.27. The molecule has 3 nitrogen and oxygen atoms in total. The number of hydrogen-bond donors (Lipinski definition) is 1. The van der Waals surface area contributed by atoms with Crippen LogP contribution in [0.25, 0.3) is 22.2 Å². The Morgan fingerprint density at radius 1 is 1.12 bits per heavy atom. The number of aryl methyl sites for hydroxylation is 1. The molecule has 3 rings (SSSR count). The van der Waals surface area contributed by atoms with Crippen LogP contribution in [0.4, 0.5) is 0 Å². The summed E-state index contributed by atoms with van der Waals surface area (Å²) >= 11 is 0. The highest BCUT2D eigenvalue weighted by Gasteiger charge is 2.10. The number of rotatable bonds is 1. The van der Waals surface area contributed by atoms with E-state index >= 15 is 0 Å². The van der Waals surface area contributed by atoms with Crippen LogP contribution in [0.15, 0.2) is 54.9 Å². The van der Waals surface area contributed by atoms with Gasteiger partial charge in [0.25, 0.3) is 0 Å². The van der Waals surface area contributed by atoms with E-state index in [1.165, 1.54) is 10.9 Å². The Hall–Kier alpha value is -2.29. The van der Waals surface area contributed by atoms with Gasteiger partial charge in [-0.1, -0.05) is 18.2 Å². The fourth-order valence-electron chi connectivity index (χ4n) is 2.18. The molecule has 0 fully saturated rings. The SMILES string of the molecule is Cn1c(-c2ccc[n+](O)c2)cc2ccccc21. The van der Waals surface area contributed by atoms with E-state index in [-0.39, 0.29) is 0 Å². The summed E-state index contributed by atoms with van der Waals surface area (Å²) in [6, 6.07) is 14.2. The summed E-state index contributed by atoms with van der Waals surface area (Å²) in [6.45, 7) is 0. The van der Waals surface area contributed by atoms with Gasteiger partial charge in [-0.3, -0.25) is 5.21 Å². The fraction of sp³-hybridized carbons (Fsp3) is 0.0714. The molecule has 17 heavy (non-hydrogen) atoms. The van der Waals surface area contributed by atoms with Gasteiger partial charge in [0, 0.05) is 28.7 Å². The van der Waals surface area contributed by atoms with E-state index in [0.717, 1.165) is 16.0 Å². The lowest BCUT2D eigenvalue weighted by Crippen LogP contribution is -2.28. The molecule has 0 aliphatic carbocycles. The normalized spacial score (nSPS) is 10.9. The maximum Gasteiger partial charge on any atom is 0.231 e. The number of fused-ring (bicyclic) bond motifs is 1. The van der Waals surface area contributed by atoms with Gasteiger partial charge in [-0.25, -0.2) is 0 Å². The molecule has 0 saturated carbocycles. The van der Waals surface area contributed by atoms with Crippen molar-refractivity contribution in [3.05, 3.63) is 54.9 Å². The molecule has 0 aliphatic heterocycles. The summed E-state index contributed by atoms with van der Waals surface area (Å²) < 4.78 is 3.21. The predicted octanol–water partition coefficient (Wildman–Crippen LogP) is 2.37. The van der Waals surface area contributed by atoms with Crippen LogP contribution in [0.1, 0.15) is 0 Å². The van der Waals surface area contributed by atoms with E-state index in [1.54, 1.807) is 12.4 Å². The van der Waals surface area contributed by atoms with Gasteiger partial charge in [0.05, 0.1) is 11.3 Å². The first-order valence-electron chi connectivity index (χ1n) is 5.51. The molecule has 2 heterocycles. The van der Waals surface area contributed by atoms with Gasteiger partial charge in [0.1, 0.15) is 0 Å². The number of aromatic nitrogens is 2. The molecule has 3 heteroatoms. The minimum absolute atomic E-state index is 0.994. The van der Waals surface area contributed by atoms with Gasteiger partial charge >= 0.3 is 0 Å². The standard InChI is InChI=1S/C14H13N2O/c1-15-13-7-3-2-5-11(13)9-14(15)12-6-4-8-16(17)10-12/h2-10,17H,1H3/q+1. The fourth-order valence-corrected chi connectivity index (χ4v) is 2.18. The second-order valence-electron chi connectivity index (χ2n) is 4.12. The maximum absolute atomic E-state index is 9.45. The van der Waals surface area contributed by atoms with E-state index in [9.17, 15) is 5.21 Å². The van der Waals surface area contributed by atoms with Crippen molar-refractivity contribution in [3.63, 3.8) is 0 Å². The molecule has 0 radical (unpaired) electrons. The summed E-state index contributed by atoms with van der Waals surface area (Å²) in [5.74, 6) is 0. The van der Waals surface area contributed by atoms with Crippen LogP contribution in [-0.2, 0) is 7.05 Å². The maximum atomic E-state index is 9.45. The van der Waals surface area contributed by atoms with Gasteiger partial charge in [-0.05, 0) is 18.2 Å². The second kappa shape index (κ2) is 3.63. The van der Waals surface area contributed by atoms with Crippen molar-refractivity contribution in [3.8, 4) is 11.3 Å². The molecule has 0 saturated heterocycles. The summed E-state index contributed by atoms with van der Waals surface area (Å²) in [5.41, 5.74) is 3.28. The van der Waals surface area contributed by atoms with Crippen molar-refractivity contribution in [1.82, 2.24) is 4.57 Å². The summed E-state index contributed by atoms with van der Waals surface area (Å²) in [4.78, 5) is 0. The molecule has 0 spiro atoms. The number of benzene rings is 1. The van der Waals surface area contributed by atoms with Gasteiger partial charge in [0.2, 0.25) is 12.4 Å². The van der Waals surface area contributed by atoms with E-state index in [1.807, 2.05) is 31.3 Å². The highest BCUT2D eigenvalue weighted by atomic mass is 16.5. The molecule has 84 valence electrons. The minimum Gasteiger partial charge on any atom is -0.343 e. The first-order chi connectivity index (χ1) is 8.25. The van der Waals surface area contributed by atoms with Crippen LogP contribution in [0.3, 0.4) is 0 Å². The highest BCUT2D eigenvalue weighted by Crippen LogP contribution is 2.25. The van der Waals surface area contributed by atoms with Crippen LogP contribution in [0.2, 0.25) is 0 Å². The van der Waals surface area contributed by atoms with Crippen molar-refractivity contribution in [2.24, 2.45) is 7.05 Å². The summed E-state index contributed by atoms with van der Waals surface area (Å²) in [5, 5.41) is 10.7. The third kappa shape index (κ3) is 1.56. The third-order valence-corrected chi connectivity index (χ3v) is 3.03. The van der Waals surface area contributed by atoms with E-state index < -0.39 is 0 Å². The van der Waals surface area contributed by atoms with Crippen LogP contribution in [0.5, 0.6) is 0 Å². The lowest BCUT2D eigenvalue weighted by molar-refractivity contribution is -0.904. The Bertz CT molecular complexity index is 686. The first-order valence-corrected chi connectivity index (χ1v) is 5.51. The topological polar surface area (TPSA) is 29.0 Å². The number of hydrogen-bond acceptors (Lipinski definition) is 1. The van der Waals surface area contributed by atoms with Crippen LogP contribution in [-0.4, -0.2) is 9.77 Å². The van der Waals surface area contributed by atoms with Gasteiger partial charge < -0.3 is 4.57 Å². The molecule has 1 aromatic carbocycles. The van der Waals surface area contributed by atoms with Gasteiger partial charge in [-0.2, -0.15) is 0 Å². The molecular weight excluding hydrogens is 212 g/mol. The zero-order chi connectivity index (χ0) is 11.8. The van der Waals surface area contributed by atoms with Crippen LogP contribution in [0, 0.1) is 0 Å². The van der Waals surface area contributed by atoms with E-state index in [2.05, 4.69) is 22.8 Å². The molecule has 0 atom stereocenters. The average Bonchev–Trinajstić information content (AvgIpc) is 2.68. The largest absolute Gasteiger partial charge is 0.343 e. The second-order valence-corrected chi connectivity index (χ2v) is 4.12. The van der Waals surface area contributed by atoms with Crippen molar-refractivity contribution in [2.45, 2.75) is 0 Å². The third-order valence-electron chi connectivity index (χ3n) is 3.03. The van der Waals surface area contributed by atoms with Crippen molar-refractivity contribution in [2.75, 3.05) is 0 Å². The van der Waals surface area contributed by atoms with Crippen molar-refractivity contribution in [1.29, 1.82) is 0 Å². The molecule has 0 amide bonds. The lowest BCUT2D eigenvalue weighted by Gasteiger charge is -2.01. The van der Waals surface area contributed by atoms with E-state index in [0.29, 0.717) is 0 Å². The summed E-state index contributed by atoms with van der Waals surface area (Å²) in [7, 11) is 2.03. The zero-order valence-corrected chi connectivity index (χ0v) is 9.54.